The van der Waals surface area contributed by atoms with Crippen LogP contribution in [-0.2, 0) is 14.4 Å². The summed E-state index contributed by atoms with van der Waals surface area (Å²) in [5, 5.41) is 5.20. The maximum atomic E-state index is 5.66. The lowest BCUT2D eigenvalue weighted by Gasteiger charge is -2.32. The van der Waals surface area contributed by atoms with Crippen LogP contribution >= 0.6 is 11.8 Å². The van der Waals surface area contributed by atoms with E-state index in [-0.39, 0.29) is 0 Å². The molecule has 6 nitrogen and oxygen atoms in total. The Kier molecular flexibility index (Phi) is 6.20. The van der Waals surface area contributed by atoms with Gasteiger partial charge in [0.1, 0.15) is 0 Å². The van der Waals surface area contributed by atoms with Crippen molar-refractivity contribution in [3.8, 4) is 0 Å². The van der Waals surface area contributed by atoms with Gasteiger partial charge in [0.15, 0.2) is 0 Å². The molecular formula is C22H29N3O3S. The van der Waals surface area contributed by atoms with E-state index < -0.39 is 0 Å². The number of benzene rings is 2. The smallest absolute Gasteiger partial charge is 0.0962 e. The first kappa shape index (κ1) is 20.3. The Morgan fingerprint density at radius 2 is 1.59 bits per heavy atom. The first-order valence-corrected chi connectivity index (χ1v) is 11.0. The Balaban J connectivity index is 1.67. The molecule has 2 aliphatic rings. The molecule has 0 atom stereocenters. The summed E-state index contributed by atoms with van der Waals surface area (Å²) in [5.41, 5.74) is 6.94. The Hall–Kier alpha value is -1.93. The molecule has 0 amide bonds. The summed E-state index contributed by atoms with van der Waals surface area (Å²) in [6.07, 6.45) is 0. The summed E-state index contributed by atoms with van der Waals surface area (Å²) in [7, 11) is 0. The Labute approximate surface area is 177 Å². The van der Waals surface area contributed by atoms with Crippen LogP contribution in [0.15, 0.2) is 34.1 Å². The zero-order valence-corrected chi connectivity index (χ0v) is 18.4. The summed E-state index contributed by atoms with van der Waals surface area (Å²) in [6, 6.07) is 8.79. The van der Waals surface area contributed by atoms with Crippen molar-refractivity contribution in [2.45, 2.75) is 37.5 Å². The lowest BCUT2D eigenvalue weighted by atomic mass is 10.1. The molecular weight excluding hydrogens is 386 g/mol. The van der Waals surface area contributed by atoms with Gasteiger partial charge in [-0.2, -0.15) is 0 Å². The number of nitrogens with one attached hydrogen (secondary N) is 1. The van der Waals surface area contributed by atoms with Crippen LogP contribution in [0.5, 0.6) is 0 Å². The zero-order valence-electron chi connectivity index (χ0n) is 17.6. The monoisotopic (exact) mass is 415 g/mol. The SMILES string of the molecule is CCON(OCC)c1cc(C)c2c(c1)Sc1cc(N3CCOCC3)cc(C)c1N2. The first-order valence-electron chi connectivity index (χ1n) is 10.2. The van der Waals surface area contributed by atoms with Crippen molar-refractivity contribution < 1.29 is 14.4 Å². The van der Waals surface area contributed by atoms with Crippen molar-refractivity contribution in [2.24, 2.45) is 0 Å². The van der Waals surface area contributed by atoms with Gasteiger partial charge in [-0.25, -0.2) is 9.68 Å². The standard InChI is InChI=1S/C22H29N3O3S/c1-5-27-25(28-6-2)18-12-16(4)22-20(14-18)29-19-13-17(11-15(3)21(19)23-22)24-7-9-26-10-8-24/h11-14,23H,5-10H2,1-4H3. The lowest BCUT2D eigenvalue weighted by molar-refractivity contribution is -0.0817. The van der Waals surface area contributed by atoms with Crippen molar-refractivity contribution in [1.29, 1.82) is 0 Å². The fourth-order valence-electron chi connectivity index (χ4n) is 3.73. The van der Waals surface area contributed by atoms with E-state index >= 15 is 0 Å². The van der Waals surface area contributed by atoms with Gasteiger partial charge in [-0.15, -0.1) is 5.23 Å². The zero-order chi connectivity index (χ0) is 20.4. The number of hydrogen-bond donors (Lipinski definition) is 1. The molecule has 1 saturated heterocycles. The number of anilines is 4. The maximum Gasteiger partial charge on any atom is 0.0962 e. The molecule has 29 heavy (non-hydrogen) atoms. The average Bonchev–Trinajstić information content (AvgIpc) is 2.73. The van der Waals surface area contributed by atoms with Crippen molar-refractivity contribution in [3.05, 3.63) is 35.4 Å². The van der Waals surface area contributed by atoms with Crippen LogP contribution in [0.2, 0.25) is 0 Å². The highest BCUT2D eigenvalue weighted by atomic mass is 32.2. The molecule has 2 aliphatic heterocycles. The summed E-state index contributed by atoms with van der Waals surface area (Å²) < 4.78 is 5.51. The molecule has 1 fully saturated rings. The van der Waals surface area contributed by atoms with Crippen molar-refractivity contribution >= 4 is 34.5 Å². The third-order valence-electron chi connectivity index (χ3n) is 5.12. The molecule has 2 aromatic carbocycles. The van der Waals surface area contributed by atoms with Crippen molar-refractivity contribution in [1.82, 2.24) is 0 Å². The predicted octanol–water partition coefficient (Wildman–Crippen LogP) is 5.06. The minimum atomic E-state index is 0.548. The minimum Gasteiger partial charge on any atom is -0.378 e. The third-order valence-corrected chi connectivity index (χ3v) is 6.20. The highest BCUT2D eigenvalue weighted by molar-refractivity contribution is 7.99. The van der Waals surface area contributed by atoms with Gasteiger partial charge in [0.2, 0.25) is 0 Å². The molecule has 4 rings (SSSR count). The fourth-order valence-corrected chi connectivity index (χ4v) is 4.95. The number of nitrogens with zero attached hydrogens (tertiary/aromatic N) is 2. The molecule has 0 aliphatic carbocycles. The molecule has 0 unspecified atom stereocenters. The first-order chi connectivity index (χ1) is 14.1. The van der Waals surface area contributed by atoms with E-state index in [1.807, 2.05) is 13.8 Å². The van der Waals surface area contributed by atoms with E-state index in [2.05, 4.69) is 48.3 Å². The number of rotatable bonds is 6. The Bertz CT molecular complexity index is 878. The topological polar surface area (TPSA) is 46.2 Å². The number of hydrogen-bond acceptors (Lipinski definition) is 7. The number of morpholine rings is 1. The van der Waals surface area contributed by atoms with Crippen molar-refractivity contribution in [3.63, 3.8) is 0 Å². The quantitative estimate of drug-likeness (QED) is 0.565. The fraction of sp³-hybridized carbons (Fsp3) is 0.455. The highest BCUT2D eigenvalue weighted by Gasteiger charge is 2.23. The molecule has 0 saturated carbocycles. The minimum absolute atomic E-state index is 0.548. The van der Waals surface area contributed by atoms with Gasteiger partial charge in [0.05, 0.1) is 43.5 Å². The number of ether oxygens (including phenoxy) is 1. The predicted molar refractivity (Wildman–Crippen MR) is 119 cm³/mol. The van der Waals surface area contributed by atoms with Crippen LogP contribution < -0.4 is 15.4 Å². The van der Waals surface area contributed by atoms with Crippen LogP contribution in [0.4, 0.5) is 22.7 Å². The molecule has 0 aromatic heterocycles. The molecule has 2 aromatic rings. The second kappa shape index (κ2) is 8.83. The van der Waals surface area contributed by atoms with Crippen LogP contribution in [0.3, 0.4) is 0 Å². The molecule has 1 N–H and O–H groups in total. The highest BCUT2D eigenvalue weighted by Crippen LogP contribution is 2.49. The van der Waals surface area contributed by atoms with E-state index in [0.29, 0.717) is 13.2 Å². The summed E-state index contributed by atoms with van der Waals surface area (Å²) >= 11 is 1.80. The summed E-state index contributed by atoms with van der Waals surface area (Å²) in [6.45, 7) is 12.8. The molecule has 2 heterocycles. The molecule has 7 heteroatoms. The van der Waals surface area contributed by atoms with Gasteiger partial charge in [-0.3, -0.25) is 0 Å². The van der Waals surface area contributed by atoms with E-state index in [4.69, 9.17) is 14.4 Å². The summed E-state index contributed by atoms with van der Waals surface area (Å²) in [5.74, 6) is 0. The number of aryl methyl sites for hydroxylation is 2. The maximum absolute atomic E-state index is 5.66. The molecule has 156 valence electrons. The molecule has 0 bridgehead atoms. The van der Waals surface area contributed by atoms with E-state index in [9.17, 15) is 0 Å². The van der Waals surface area contributed by atoms with Gasteiger partial charge in [-0.1, -0.05) is 11.8 Å². The molecule has 0 spiro atoms. The van der Waals surface area contributed by atoms with Crippen LogP contribution in [0.1, 0.15) is 25.0 Å². The van der Waals surface area contributed by atoms with Crippen molar-refractivity contribution in [2.75, 3.05) is 55.0 Å². The van der Waals surface area contributed by atoms with Gasteiger partial charge in [0.25, 0.3) is 0 Å². The average molecular weight is 416 g/mol. The van der Waals surface area contributed by atoms with E-state index in [1.54, 1.807) is 11.8 Å². The van der Waals surface area contributed by atoms with Crippen LogP contribution in [-0.4, -0.2) is 39.5 Å². The van der Waals surface area contributed by atoms with Gasteiger partial charge >= 0.3 is 0 Å². The van der Waals surface area contributed by atoms with E-state index in [1.165, 1.54) is 32.0 Å². The van der Waals surface area contributed by atoms with Gasteiger partial charge < -0.3 is 15.0 Å². The summed E-state index contributed by atoms with van der Waals surface area (Å²) in [4.78, 5) is 16.2. The van der Waals surface area contributed by atoms with Gasteiger partial charge in [-0.05, 0) is 63.1 Å². The van der Waals surface area contributed by atoms with Crippen LogP contribution in [0.25, 0.3) is 0 Å². The lowest BCUT2D eigenvalue weighted by Crippen LogP contribution is -2.36. The van der Waals surface area contributed by atoms with E-state index in [0.717, 1.165) is 43.2 Å². The second-order valence-electron chi connectivity index (χ2n) is 7.19. The Morgan fingerprint density at radius 3 is 2.24 bits per heavy atom. The Morgan fingerprint density at radius 1 is 0.966 bits per heavy atom. The third kappa shape index (κ3) is 4.19. The van der Waals surface area contributed by atoms with Gasteiger partial charge in [0, 0.05) is 28.6 Å². The molecule has 0 radical (unpaired) electrons. The van der Waals surface area contributed by atoms with Crippen LogP contribution in [0, 0.1) is 13.8 Å². The second-order valence-corrected chi connectivity index (χ2v) is 8.27. The largest absolute Gasteiger partial charge is 0.378 e. The number of fused-ring (bicyclic) bond motifs is 2. The normalized spacial score (nSPS) is 15.5.